The fourth-order valence-corrected chi connectivity index (χ4v) is 3.42. The number of hydrogen-bond acceptors (Lipinski definition) is 3. The van der Waals surface area contributed by atoms with Gasteiger partial charge in [0.15, 0.2) is 0 Å². The van der Waals surface area contributed by atoms with Crippen LogP contribution in [0.4, 0.5) is 0 Å². The molecular formula is C17H28O3. The number of hydrogen-bond donors (Lipinski definition) is 0. The Labute approximate surface area is 122 Å². The van der Waals surface area contributed by atoms with Crippen LogP contribution in [-0.2, 0) is 14.3 Å². The summed E-state index contributed by atoms with van der Waals surface area (Å²) in [5.41, 5.74) is 1.33. The maximum absolute atomic E-state index is 11.5. The van der Waals surface area contributed by atoms with Gasteiger partial charge in [-0.2, -0.15) is 0 Å². The van der Waals surface area contributed by atoms with Crippen LogP contribution in [0.5, 0.6) is 0 Å². The number of ether oxygens (including phenoxy) is 2. The number of carbonyl (C=O) groups excluding carboxylic acids is 1. The number of esters is 1. The van der Waals surface area contributed by atoms with E-state index in [1.165, 1.54) is 12.5 Å². The van der Waals surface area contributed by atoms with Crippen molar-refractivity contribution in [1.29, 1.82) is 0 Å². The van der Waals surface area contributed by atoms with Crippen molar-refractivity contribution < 1.29 is 14.3 Å². The van der Waals surface area contributed by atoms with Crippen molar-refractivity contribution in [2.45, 2.75) is 78.1 Å². The van der Waals surface area contributed by atoms with Gasteiger partial charge >= 0.3 is 5.97 Å². The second kappa shape index (κ2) is 5.88. The molecular weight excluding hydrogens is 252 g/mol. The molecule has 1 saturated heterocycles. The molecule has 0 aromatic carbocycles. The van der Waals surface area contributed by atoms with Gasteiger partial charge in [0.05, 0.1) is 5.60 Å². The van der Waals surface area contributed by atoms with E-state index in [0.717, 1.165) is 25.7 Å². The van der Waals surface area contributed by atoms with Crippen LogP contribution in [0.2, 0.25) is 0 Å². The lowest BCUT2D eigenvalue weighted by Crippen LogP contribution is -2.37. The first-order chi connectivity index (χ1) is 9.33. The van der Waals surface area contributed by atoms with Crippen LogP contribution in [0.25, 0.3) is 0 Å². The first-order valence-electron chi connectivity index (χ1n) is 7.84. The highest BCUT2D eigenvalue weighted by molar-refractivity contribution is 5.66. The van der Waals surface area contributed by atoms with E-state index in [4.69, 9.17) is 9.47 Å². The average molecular weight is 280 g/mol. The van der Waals surface area contributed by atoms with Crippen LogP contribution in [0.1, 0.15) is 60.3 Å². The first-order valence-corrected chi connectivity index (χ1v) is 7.84. The van der Waals surface area contributed by atoms with E-state index >= 15 is 0 Å². The molecule has 2 rings (SSSR count). The largest absolute Gasteiger partial charge is 0.459 e. The SMILES string of the molecule is CC(=O)O[C@@H]1[C@H](C(C)C)CC/C(C)=C/CC[C@]2(C)O[C@@H]12. The molecule has 3 nitrogen and oxygen atoms in total. The molecule has 3 heteroatoms. The van der Waals surface area contributed by atoms with Crippen molar-refractivity contribution in [3.8, 4) is 0 Å². The zero-order valence-corrected chi connectivity index (χ0v) is 13.4. The van der Waals surface area contributed by atoms with Crippen LogP contribution < -0.4 is 0 Å². The smallest absolute Gasteiger partial charge is 0.303 e. The molecule has 2 aliphatic rings. The summed E-state index contributed by atoms with van der Waals surface area (Å²) in [6, 6.07) is 0. The summed E-state index contributed by atoms with van der Waals surface area (Å²) in [6.07, 6.45) is 6.54. The first kappa shape index (κ1) is 15.6. The molecule has 0 aromatic rings. The van der Waals surface area contributed by atoms with Gasteiger partial charge in [0.25, 0.3) is 0 Å². The number of allylic oxidation sites excluding steroid dienone is 2. The topological polar surface area (TPSA) is 38.8 Å². The van der Waals surface area contributed by atoms with E-state index in [1.54, 1.807) is 0 Å². The highest BCUT2D eigenvalue weighted by Gasteiger charge is 2.58. The third-order valence-electron chi connectivity index (χ3n) is 4.83. The third kappa shape index (κ3) is 3.43. The van der Waals surface area contributed by atoms with Gasteiger partial charge < -0.3 is 9.47 Å². The summed E-state index contributed by atoms with van der Waals surface area (Å²) in [6.45, 7) is 10.3. The Bertz CT molecular complexity index is 399. The maximum atomic E-state index is 11.5. The fourth-order valence-electron chi connectivity index (χ4n) is 3.42. The summed E-state index contributed by atoms with van der Waals surface area (Å²) < 4.78 is 11.6. The highest BCUT2D eigenvalue weighted by Crippen LogP contribution is 2.47. The maximum Gasteiger partial charge on any atom is 0.303 e. The van der Waals surface area contributed by atoms with E-state index in [9.17, 15) is 4.79 Å². The van der Waals surface area contributed by atoms with Crippen LogP contribution >= 0.6 is 0 Å². The zero-order chi connectivity index (χ0) is 14.9. The molecule has 0 aromatic heterocycles. The van der Waals surface area contributed by atoms with E-state index in [1.807, 2.05) is 0 Å². The number of fused-ring (bicyclic) bond motifs is 1. The number of epoxide rings is 1. The monoisotopic (exact) mass is 280 g/mol. The molecule has 0 radical (unpaired) electrons. The fraction of sp³-hybridized carbons (Fsp3) is 0.824. The van der Waals surface area contributed by atoms with Gasteiger partial charge in [0, 0.05) is 12.8 Å². The normalized spacial score (nSPS) is 40.5. The Morgan fingerprint density at radius 3 is 2.80 bits per heavy atom. The standard InChI is InChI=1S/C17H28O3/c1-11(2)14-9-8-12(3)7-6-10-17(5)16(20-17)15(14)19-13(4)18/h7,11,14-16H,6,8-10H2,1-5H3/b12-7+/t14-,15+,16-,17-/m0/s1. The average Bonchev–Trinajstić information content (AvgIpc) is 2.98. The minimum Gasteiger partial charge on any atom is -0.459 e. The van der Waals surface area contributed by atoms with Crippen LogP contribution in [-0.4, -0.2) is 23.8 Å². The molecule has 0 unspecified atom stereocenters. The van der Waals surface area contributed by atoms with Gasteiger partial charge in [-0.05, 0) is 45.4 Å². The Balaban J connectivity index is 2.23. The van der Waals surface area contributed by atoms with Gasteiger partial charge in [0.1, 0.15) is 12.2 Å². The Hall–Kier alpha value is -0.830. The lowest BCUT2D eigenvalue weighted by Gasteiger charge is -2.30. The summed E-state index contributed by atoms with van der Waals surface area (Å²) in [4.78, 5) is 11.5. The van der Waals surface area contributed by atoms with Gasteiger partial charge in [-0.15, -0.1) is 0 Å². The van der Waals surface area contributed by atoms with E-state index in [-0.39, 0.29) is 23.8 Å². The van der Waals surface area contributed by atoms with Gasteiger partial charge in [-0.25, -0.2) is 0 Å². The van der Waals surface area contributed by atoms with Gasteiger partial charge in [-0.1, -0.05) is 25.5 Å². The molecule has 1 heterocycles. The Kier molecular flexibility index (Phi) is 4.58. The lowest BCUT2D eigenvalue weighted by atomic mass is 9.80. The molecule has 0 spiro atoms. The number of rotatable bonds is 2. The molecule has 1 aliphatic heterocycles. The van der Waals surface area contributed by atoms with E-state index < -0.39 is 0 Å². The van der Waals surface area contributed by atoms with Crippen molar-refractivity contribution in [1.82, 2.24) is 0 Å². The Morgan fingerprint density at radius 1 is 1.50 bits per heavy atom. The minimum absolute atomic E-state index is 0.0746. The van der Waals surface area contributed by atoms with Crippen LogP contribution in [0.15, 0.2) is 11.6 Å². The van der Waals surface area contributed by atoms with Crippen molar-refractivity contribution in [2.75, 3.05) is 0 Å². The highest BCUT2D eigenvalue weighted by atomic mass is 16.6. The van der Waals surface area contributed by atoms with Crippen LogP contribution in [0, 0.1) is 11.8 Å². The minimum atomic E-state index is -0.192. The van der Waals surface area contributed by atoms with Crippen molar-refractivity contribution >= 4 is 5.97 Å². The van der Waals surface area contributed by atoms with Crippen molar-refractivity contribution in [3.63, 3.8) is 0 Å². The number of carbonyl (C=O) groups is 1. The molecule has 1 aliphatic carbocycles. The van der Waals surface area contributed by atoms with Crippen LogP contribution in [0.3, 0.4) is 0 Å². The third-order valence-corrected chi connectivity index (χ3v) is 4.83. The van der Waals surface area contributed by atoms with Gasteiger partial charge in [0.2, 0.25) is 0 Å². The second-order valence-corrected chi connectivity index (χ2v) is 6.96. The van der Waals surface area contributed by atoms with E-state index in [0.29, 0.717) is 11.8 Å². The molecule has 0 saturated carbocycles. The quantitative estimate of drug-likeness (QED) is 0.438. The van der Waals surface area contributed by atoms with E-state index in [2.05, 4.69) is 33.8 Å². The molecule has 4 atom stereocenters. The summed E-state index contributed by atoms with van der Waals surface area (Å²) in [7, 11) is 0. The van der Waals surface area contributed by atoms with Crippen molar-refractivity contribution in [2.24, 2.45) is 11.8 Å². The molecule has 0 N–H and O–H groups in total. The second-order valence-electron chi connectivity index (χ2n) is 6.96. The summed E-state index contributed by atoms with van der Waals surface area (Å²) in [5.74, 6) is 0.662. The molecule has 1 fully saturated rings. The molecule has 20 heavy (non-hydrogen) atoms. The van der Waals surface area contributed by atoms with Crippen molar-refractivity contribution in [3.05, 3.63) is 11.6 Å². The van der Waals surface area contributed by atoms with Gasteiger partial charge in [-0.3, -0.25) is 4.79 Å². The molecule has 0 bridgehead atoms. The molecule has 114 valence electrons. The summed E-state index contributed by atoms with van der Waals surface area (Å²) in [5, 5.41) is 0. The lowest BCUT2D eigenvalue weighted by molar-refractivity contribution is -0.151. The Morgan fingerprint density at radius 2 is 2.20 bits per heavy atom. The predicted octanol–water partition coefficient (Wildman–Crippen LogP) is 3.87. The molecule has 0 amide bonds. The summed E-state index contributed by atoms with van der Waals surface area (Å²) >= 11 is 0. The predicted molar refractivity (Wildman–Crippen MR) is 79.4 cm³/mol. The zero-order valence-electron chi connectivity index (χ0n) is 13.4.